The lowest BCUT2D eigenvalue weighted by Crippen LogP contribution is -2.38. The largest absolute Gasteiger partial charge is 0.479 e. The summed E-state index contributed by atoms with van der Waals surface area (Å²) in [6.07, 6.45) is 1.62. The van der Waals surface area contributed by atoms with Gasteiger partial charge in [-0.1, -0.05) is 42.5 Å². The van der Waals surface area contributed by atoms with Crippen molar-refractivity contribution in [2.24, 2.45) is 0 Å². The van der Waals surface area contributed by atoms with Crippen molar-refractivity contribution < 1.29 is 19.1 Å². The van der Waals surface area contributed by atoms with E-state index in [1.165, 1.54) is 15.7 Å². The molecule has 5 heteroatoms. The quantitative estimate of drug-likeness (QED) is 0.916. The van der Waals surface area contributed by atoms with Gasteiger partial charge in [-0.3, -0.25) is 4.79 Å². The second-order valence-corrected chi connectivity index (χ2v) is 6.37. The Morgan fingerprint density at radius 2 is 1.92 bits per heavy atom. The molecule has 1 N–H and O–H groups in total. The molecule has 0 saturated carbocycles. The molecule has 4 nitrogen and oxygen atoms in total. The van der Waals surface area contributed by atoms with Gasteiger partial charge in [0.15, 0.2) is 0 Å². The van der Waals surface area contributed by atoms with Crippen molar-refractivity contribution >= 4 is 22.6 Å². The monoisotopic (exact) mass is 329 g/mol. The molecule has 0 radical (unpaired) electrons. The highest BCUT2D eigenvalue weighted by atomic mass is 19.1. The molecule has 0 aliphatic carbocycles. The van der Waals surface area contributed by atoms with Gasteiger partial charge in [-0.05, 0) is 29.2 Å². The van der Waals surface area contributed by atoms with Crippen molar-refractivity contribution in [1.29, 1.82) is 0 Å². The molecule has 1 atom stereocenters. The first-order chi connectivity index (χ1) is 11.5. The summed E-state index contributed by atoms with van der Waals surface area (Å²) in [5, 5.41) is 11.2. The number of aryl methyl sites for hydroxylation is 1. The fourth-order valence-corrected chi connectivity index (χ4v) is 3.16. The molecule has 126 valence electrons. The van der Waals surface area contributed by atoms with Gasteiger partial charge in [0, 0.05) is 19.4 Å². The SMILES string of the molecule is O=C(CCCc1ccc2ccccc2c1)N1CCC(F)(C(=O)O)C1. The third kappa shape index (κ3) is 3.40. The summed E-state index contributed by atoms with van der Waals surface area (Å²) >= 11 is 0. The Bertz CT molecular complexity index is 776. The highest BCUT2D eigenvalue weighted by molar-refractivity contribution is 5.83. The number of carboxylic acids is 1. The summed E-state index contributed by atoms with van der Waals surface area (Å²) in [5.41, 5.74) is -1.12. The number of carboxylic acid groups (broad SMARTS) is 1. The van der Waals surface area contributed by atoms with E-state index >= 15 is 0 Å². The van der Waals surface area contributed by atoms with E-state index in [0.717, 1.165) is 12.0 Å². The van der Waals surface area contributed by atoms with Crippen LogP contribution in [0.25, 0.3) is 10.8 Å². The van der Waals surface area contributed by atoms with Gasteiger partial charge in [0.1, 0.15) is 0 Å². The van der Waals surface area contributed by atoms with Crippen molar-refractivity contribution in [3.63, 3.8) is 0 Å². The maximum atomic E-state index is 14.0. The van der Waals surface area contributed by atoms with Gasteiger partial charge >= 0.3 is 5.97 Å². The van der Waals surface area contributed by atoms with Crippen LogP contribution in [0.5, 0.6) is 0 Å². The molecule has 1 heterocycles. The Morgan fingerprint density at radius 3 is 2.62 bits per heavy atom. The van der Waals surface area contributed by atoms with Crippen LogP contribution in [0.15, 0.2) is 42.5 Å². The van der Waals surface area contributed by atoms with E-state index in [2.05, 4.69) is 30.3 Å². The van der Waals surface area contributed by atoms with Crippen LogP contribution in [-0.4, -0.2) is 40.6 Å². The van der Waals surface area contributed by atoms with Crippen molar-refractivity contribution in [3.8, 4) is 0 Å². The van der Waals surface area contributed by atoms with Gasteiger partial charge in [0.2, 0.25) is 11.6 Å². The van der Waals surface area contributed by atoms with E-state index in [9.17, 15) is 14.0 Å². The molecular formula is C19H20FNO3. The minimum Gasteiger partial charge on any atom is -0.479 e. The summed E-state index contributed by atoms with van der Waals surface area (Å²) in [6.45, 7) is -0.158. The zero-order valence-electron chi connectivity index (χ0n) is 13.4. The van der Waals surface area contributed by atoms with E-state index in [1.54, 1.807) is 0 Å². The second kappa shape index (κ2) is 6.59. The van der Waals surface area contributed by atoms with Crippen LogP contribution in [0.3, 0.4) is 0 Å². The summed E-state index contributed by atoms with van der Waals surface area (Å²) in [5.74, 6) is -1.65. The average molecular weight is 329 g/mol. The first-order valence-electron chi connectivity index (χ1n) is 8.16. The molecule has 1 saturated heterocycles. The number of likely N-dealkylation sites (tertiary alicyclic amines) is 1. The second-order valence-electron chi connectivity index (χ2n) is 6.37. The number of halogens is 1. The van der Waals surface area contributed by atoms with Gasteiger partial charge in [0.25, 0.3) is 0 Å². The molecule has 3 rings (SSSR count). The van der Waals surface area contributed by atoms with E-state index in [1.807, 2.05) is 12.1 Å². The first-order valence-corrected chi connectivity index (χ1v) is 8.16. The smallest absolute Gasteiger partial charge is 0.343 e. The van der Waals surface area contributed by atoms with Crippen LogP contribution in [-0.2, 0) is 16.0 Å². The number of carbonyl (C=O) groups is 2. The molecule has 1 amide bonds. The topological polar surface area (TPSA) is 57.6 Å². The number of benzene rings is 2. The molecule has 1 fully saturated rings. The van der Waals surface area contributed by atoms with Crippen molar-refractivity contribution in [3.05, 3.63) is 48.0 Å². The zero-order valence-corrected chi connectivity index (χ0v) is 13.4. The molecular weight excluding hydrogens is 309 g/mol. The maximum absolute atomic E-state index is 14.0. The van der Waals surface area contributed by atoms with Crippen molar-refractivity contribution in [1.82, 2.24) is 4.90 Å². The fourth-order valence-electron chi connectivity index (χ4n) is 3.16. The molecule has 0 bridgehead atoms. The Hall–Kier alpha value is -2.43. The highest BCUT2D eigenvalue weighted by Gasteiger charge is 2.46. The summed E-state index contributed by atoms with van der Waals surface area (Å²) in [6, 6.07) is 14.3. The number of amides is 1. The van der Waals surface area contributed by atoms with Crippen LogP contribution >= 0.6 is 0 Å². The van der Waals surface area contributed by atoms with Gasteiger partial charge in [-0.25, -0.2) is 9.18 Å². The van der Waals surface area contributed by atoms with Gasteiger partial charge < -0.3 is 10.0 Å². The predicted molar refractivity (Wildman–Crippen MR) is 89.6 cm³/mol. The molecule has 0 spiro atoms. The van der Waals surface area contributed by atoms with Crippen LogP contribution < -0.4 is 0 Å². The van der Waals surface area contributed by atoms with E-state index in [-0.39, 0.29) is 25.4 Å². The van der Waals surface area contributed by atoms with E-state index in [4.69, 9.17) is 5.11 Å². The van der Waals surface area contributed by atoms with Crippen LogP contribution in [0.1, 0.15) is 24.8 Å². The number of aliphatic carboxylic acids is 1. The first kappa shape index (κ1) is 16.4. The number of rotatable bonds is 5. The Morgan fingerprint density at radius 1 is 1.17 bits per heavy atom. The summed E-state index contributed by atoms with van der Waals surface area (Å²) in [7, 11) is 0. The number of nitrogens with zero attached hydrogens (tertiary/aromatic N) is 1. The third-order valence-corrected chi connectivity index (χ3v) is 4.63. The Labute approximate surface area is 139 Å². The molecule has 24 heavy (non-hydrogen) atoms. The summed E-state index contributed by atoms with van der Waals surface area (Å²) in [4.78, 5) is 24.3. The minimum absolute atomic E-state index is 0.126. The molecule has 1 unspecified atom stereocenters. The van der Waals surface area contributed by atoms with Crippen LogP contribution in [0.2, 0.25) is 0 Å². The van der Waals surface area contributed by atoms with Crippen LogP contribution in [0.4, 0.5) is 4.39 Å². The minimum atomic E-state index is -2.28. The van der Waals surface area contributed by atoms with Crippen molar-refractivity contribution in [2.45, 2.75) is 31.4 Å². The number of hydrogen-bond acceptors (Lipinski definition) is 2. The maximum Gasteiger partial charge on any atom is 0.343 e. The lowest BCUT2D eigenvalue weighted by Gasteiger charge is -2.17. The molecule has 2 aromatic carbocycles. The lowest BCUT2D eigenvalue weighted by molar-refractivity contribution is -0.150. The van der Waals surface area contributed by atoms with Gasteiger partial charge in [0.05, 0.1) is 6.54 Å². The zero-order chi connectivity index (χ0) is 17.2. The average Bonchev–Trinajstić information content (AvgIpc) is 2.99. The number of alkyl halides is 1. The number of hydrogen-bond donors (Lipinski definition) is 1. The Balaban J connectivity index is 1.52. The number of fused-ring (bicyclic) bond motifs is 1. The number of carbonyl (C=O) groups excluding carboxylic acids is 1. The van der Waals surface area contributed by atoms with E-state index in [0.29, 0.717) is 12.8 Å². The van der Waals surface area contributed by atoms with Crippen LogP contribution in [0, 0.1) is 0 Å². The summed E-state index contributed by atoms with van der Waals surface area (Å²) < 4.78 is 14.0. The van der Waals surface area contributed by atoms with Gasteiger partial charge in [-0.15, -0.1) is 0 Å². The normalized spacial score (nSPS) is 20.5. The fraction of sp³-hybridized carbons (Fsp3) is 0.368. The third-order valence-electron chi connectivity index (χ3n) is 4.63. The standard InChI is InChI=1S/C19H20FNO3/c20-19(18(23)24)10-11-21(13-19)17(22)7-3-4-14-8-9-15-5-1-2-6-16(15)12-14/h1-2,5-6,8-9,12H,3-4,7,10-11,13H2,(H,23,24). The highest BCUT2D eigenvalue weighted by Crippen LogP contribution is 2.26. The predicted octanol–water partition coefficient (Wildman–Crippen LogP) is 3.19. The molecule has 1 aliphatic rings. The molecule has 2 aromatic rings. The van der Waals surface area contributed by atoms with Gasteiger partial charge in [-0.2, -0.15) is 0 Å². The van der Waals surface area contributed by atoms with Crippen molar-refractivity contribution in [2.75, 3.05) is 13.1 Å². The van der Waals surface area contributed by atoms with E-state index < -0.39 is 11.6 Å². The lowest BCUT2D eigenvalue weighted by atomic mass is 10.0. The Kier molecular flexibility index (Phi) is 4.51. The molecule has 0 aromatic heterocycles. The molecule has 1 aliphatic heterocycles.